The first-order valence-corrected chi connectivity index (χ1v) is 5.65. The largest absolute Gasteiger partial charge is 0.274 e. The summed E-state index contributed by atoms with van der Waals surface area (Å²) in [5.74, 6) is 0. The van der Waals surface area contributed by atoms with Gasteiger partial charge in [-0.05, 0) is 0 Å². The Morgan fingerprint density at radius 2 is 1.08 bits per heavy atom. The Kier molecular flexibility index (Phi) is 4.18. The van der Waals surface area contributed by atoms with Gasteiger partial charge in [-0.25, -0.2) is 0 Å². The molecule has 0 spiro atoms. The van der Waals surface area contributed by atoms with E-state index in [9.17, 15) is 4.79 Å². The molecule has 0 heterocycles. The van der Waals surface area contributed by atoms with Crippen molar-refractivity contribution in [2.75, 3.05) is 0 Å². The van der Waals surface area contributed by atoms with Gasteiger partial charge in [0, 0.05) is 9.49 Å². The highest BCUT2D eigenvalue weighted by atomic mass is 32.2. The van der Waals surface area contributed by atoms with Gasteiger partial charge < -0.3 is 0 Å². The predicted molar refractivity (Wildman–Crippen MR) is 60.1 cm³/mol. The molecule has 0 saturated heterocycles. The van der Waals surface area contributed by atoms with Crippen molar-refractivity contribution in [1.29, 1.82) is 0 Å². The maximum atomic E-state index is 11.4. The molecule has 0 bridgehead atoms. The molecule has 0 aromatic carbocycles. The molecule has 0 atom stereocenters. The van der Waals surface area contributed by atoms with Crippen molar-refractivity contribution in [2.24, 2.45) is 0 Å². The Morgan fingerprint density at radius 1 is 0.833 bits per heavy atom. The van der Waals surface area contributed by atoms with E-state index in [4.69, 9.17) is 0 Å². The molecule has 0 fully saturated rings. The minimum absolute atomic E-state index is 0.0370. The molecule has 0 aliphatic carbocycles. The smallest absolute Gasteiger partial charge is 0.247 e. The van der Waals surface area contributed by atoms with E-state index in [0.717, 1.165) is 0 Å². The zero-order valence-corrected chi connectivity index (χ0v) is 10.4. The van der Waals surface area contributed by atoms with Crippen LogP contribution >= 0.6 is 23.5 Å². The van der Waals surface area contributed by atoms with E-state index in [1.165, 1.54) is 23.5 Å². The molecule has 0 amide bonds. The van der Waals surface area contributed by atoms with Crippen LogP contribution in [0.15, 0.2) is 0 Å². The Bertz CT molecular complexity index is 144. The van der Waals surface area contributed by atoms with Crippen molar-refractivity contribution in [2.45, 2.75) is 51.0 Å². The molecule has 0 N–H and O–H groups in total. The molecule has 0 aromatic rings. The van der Waals surface area contributed by atoms with Crippen LogP contribution in [0, 0.1) is 0 Å². The van der Waals surface area contributed by atoms with Crippen LogP contribution in [0.25, 0.3) is 0 Å². The highest BCUT2D eigenvalue weighted by Gasteiger charge is 2.22. The SMILES string of the molecule is CC(C)(C)SC(=O)SC(C)(C)C. The molecule has 0 radical (unpaired) electrons. The van der Waals surface area contributed by atoms with Crippen LogP contribution in [0.4, 0.5) is 4.79 Å². The summed E-state index contributed by atoms with van der Waals surface area (Å²) in [5, 5.41) is 0. The molecule has 0 aliphatic heterocycles. The fourth-order valence-corrected chi connectivity index (χ4v) is 3.19. The van der Waals surface area contributed by atoms with Crippen LogP contribution in [0.5, 0.6) is 0 Å². The molecule has 3 heteroatoms. The van der Waals surface area contributed by atoms with E-state index in [2.05, 4.69) is 41.5 Å². The summed E-state index contributed by atoms with van der Waals surface area (Å²) in [4.78, 5) is 11.4. The first-order valence-electron chi connectivity index (χ1n) is 4.02. The van der Waals surface area contributed by atoms with Crippen LogP contribution in [-0.4, -0.2) is 13.9 Å². The lowest BCUT2D eigenvalue weighted by atomic mass is 10.3. The number of hydrogen-bond acceptors (Lipinski definition) is 3. The molecule has 1 nitrogen and oxygen atoms in total. The third kappa shape index (κ3) is 8.47. The summed E-state index contributed by atoms with van der Waals surface area (Å²) >= 11 is 2.82. The van der Waals surface area contributed by atoms with Crippen LogP contribution in [0.1, 0.15) is 41.5 Å². The van der Waals surface area contributed by atoms with Crippen molar-refractivity contribution in [3.8, 4) is 0 Å². The first-order chi connectivity index (χ1) is 5.10. The summed E-state index contributed by atoms with van der Waals surface area (Å²) in [6.07, 6.45) is 0. The fourth-order valence-electron chi connectivity index (χ4n) is 0.521. The Labute approximate surface area is 84.1 Å². The van der Waals surface area contributed by atoms with Gasteiger partial charge in [0.15, 0.2) is 0 Å². The lowest BCUT2D eigenvalue weighted by Crippen LogP contribution is -2.14. The lowest BCUT2D eigenvalue weighted by molar-refractivity contribution is 0.276. The molecule has 0 rings (SSSR count). The molecule has 12 heavy (non-hydrogen) atoms. The van der Waals surface area contributed by atoms with Crippen LogP contribution in [-0.2, 0) is 0 Å². The van der Waals surface area contributed by atoms with Crippen LogP contribution in [0.2, 0.25) is 0 Å². The first kappa shape index (κ1) is 12.4. The molecule has 0 aromatic heterocycles. The van der Waals surface area contributed by atoms with E-state index < -0.39 is 0 Å². The maximum Gasteiger partial charge on any atom is 0.247 e. The van der Waals surface area contributed by atoms with Crippen molar-refractivity contribution in [1.82, 2.24) is 0 Å². The van der Waals surface area contributed by atoms with Gasteiger partial charge in [-0.15, -0.1) is 0 Å². The quantitative estimate of drug-likeness (QED) is 0.592. The number of carbonyl (C=O) groups excluding carboxylic acids is 1. The molecular weight excluding hydrogens is 188 g/mol. The minimum atomic E-state index is 0.0370. The predicted octanol–water partition coefficient (Wildman–Crippen LogP) is 4.17. The Hall–Kier alpha value is 0.370. The summed E-state index contributed by atoms with van der Waals surface area (Å²) in [7, 11) is 0. The third-order valence-corrected chi connectivity index (χ3v) is 2.84. The van der Waals surface area contributed by atoms with Crippen molar-refractivity contribution >= 4 is 28.0 Å². The van der Waals surface area contributed by atoms with E-state index in [-0.39, 0.29) is 13.9 Å². The zero-order valence-electron chi connectivity index (χ0n) is 8.72. The van der Waals surface area contributed by atoms with E-state index in [1.54, 1.807) is 0 Å². The Balaban J connectivity index is 3.92. The summed E-state index contributed by atoms with van der Waals surface area (Å²) in [6, 6.07) is 0. The van der Waals surface area contributed by atoms with Crippen molar-refractivity contribution < 1.29 is 4.79 Å². The number of thioether (sulfide) groups is 2. The lowest BCUT2D eigenvalue weighted by Gasteiger charge is -2.20. The van der Waals surface area contributed by atoms with Gasteiger partial charge in [0.1, 0.15) is 0 Å². The van der Waals surface area contributed by atoms with Gasteiger partial charge in [-0.2, -0.15) is 0 Å². The average molecular weight is 206 g/mol. The number of rotatable bonds is 0. The zero-order chi connectivity index (χ0) is 9.99. The molecular formula is C9H18OS2. The van der Waals surface area contributed by atoms with Crippen molar-refractivity contribution in [3.63, 3.8) is 0 Å². The molecule has 0 unspecified atom stereocenters. The number of carbonyl (C=O) groups is 1. The third-order valence-electron chi connectivity index (χ3n) is 0.779. The van der Waals surface area contributed by atoms with E-state index in [0.29, 0.717) is 0 Å². The molecule has 72 valence electrons. The highest BCUT2D eigenvalue weighted by molar-refractivity contribution is 8.39. The van der Waals surface area contributed by atoms with Gasteiger partial charge in [-0.1, -0.05) is 65.1 Å². The molecule has 0 saturated carbocycles. The van der Waals surface area contributed by atoms with Gasteiger partial charge in [0.2, 0.25) is 4.45 Å². The van der Waals surface area contributed by atoms with Gasteiger partial charge in [-0.3, -0.25) is 4.79 Å². The topological polar surface area (TPSA) is 17.1 Å². The van der Waals surface area contributed by atoms with Crippen LogP contribution < -0.4 is 0 Å². The fraction of sp³-hybridized carbons (Fsp3) is 0.889. The van der Waals surface area contributed by atoms with Gasteiger partial charge in [0.05, 0.1) is 0 Å². The second kappa shape index (κ2) is 4.05. The normalized spacial score (nSPS) is 13.2. The summed E-state index contributed by atoms with van der Waals surface area (Å²) in [5.41, 5.74) is 0. The molecule has 0 aliphatic rings. The number of hydrogen-bond donors (Lipinski definition) is 0. The van der Waals surface area contributed by atoms with Gasteiger partial charge in [0.25, 0.3) is 0 Å². The Morgan fingerprint density at radius 3 is 1.25 bits per heavy atom. The second-order valence-electron chi connectivity index (χ2n) is 4.68. The average Bonchev–Trinajstić information content (AvgIpc) is 1.49. The maximum absolute atomic E-state index is 11.4. The minimum Gasteiger partial charge on any atom is -0.274 e. The van der Waals surface area contributed by atoms with Crippen LogP contribution in [0.3, 0.4) is 0 Å². The summed E-state index contributed by atoms with van der Waals surface area (Å²) in [6.45, 7) is 12.3. The monoisotopic (exact) mass is 206 g/mol. The van der Waals surface area contributed by atoms with E-state index in [1.807, 2.05) is 0 Å². The highest BCUT2D eigenvalue weighted by Crippen LogP contribution is 2.35. The second-order valence-corrected chi connectivity index (χ2v) is 8.54. The van der Waals surface area contributed by atoms with E-state index >= 15 is 0 Å². The van der Waals surface area contributed by atoms with Crippen molar-refractivity contribution in [3.05, 3.63) is 0 Å². The van der Waals surface area contributed by atoms with Gasteiger partial charge >= 0.3 is 0 Å². The standard InChI is InChI=1S/C9H18OS2/c1-8(2,3)11-7(10)12-9(4,5)6/h1-6H3. The summed E-state index contributed by atoms with van der Waals surface area (Å²) < 4.78 is 0.292.